The molecule has 3 aromatic rings. The average Bonchev–Trinajstić information content (AvgIpc) is 2.69. The van der Waals surface area contributed by atoms with Crippen molar-refractivity contribution < 1.29 is 0 Å². The summed E-state index contributed by atoms with van der Waals surface area (Å²) < 4.78 is 2.00. The summed E-state index contributed by atoms with van der Waals surface area (Å²) in [6, 6.07) is 9.46. The molecule has 0 aliphatic rings. The average molecular weight is 314 g/mol. The summed E-state index contributed by atoms with van der Waals surface area (Å²) in [5, 5.41) is 1.17. The minimum atomic E-state index is 0.332. The third kappa shape index (κ3) is 2.59. The Morgan fingerprint density at radius 1 is 1.00 bits per heavy atom. The molecule has 0 fully saturated rings. The summed E-state index contributed by atoms with van der Waals surface area (Å²) in [6.45, 7) is 0. The van der Waals surface area contributed by atoms with Crippen LogP contribution in [0.5, 0.6) is 0 Å². The van der Waals surface area contributed by atoms with Gasteiger partial charge in [-0.05, 0) is 23.9 Å². The van der Waals surface area contributed by atoms with E-state index in [9.17, 15) is 0 Å². The highest BCUT2D eigenvalue weighted by Crippen LogP contribution is 2.33. The number of halogens is 2. The van der Waals surface area contributed by atoms with Gasteiger partial charge in [-0.1, -0.05) is 35.3 Å². The molecule has 3 rings (SSSR count). The lowest BCUT2D eigenvalue weighted by molar-refractivity contribution is 0.967. The van der Waals surface area contributed by atoms with E-state index in [1.807, 2.05) is 24.3 Å². The second-order valence-electron chi connectivity index (χ2n) is 3.35. The highest BCUT2D eigenvalue weighted by atomic mass is 35.5. The van der Waals surface area contributed by atoms with Crippen molar-refractivity contribution in [1.82, 2.24) is 15.0 Å². The molecule has 0 radical (unpaired) electrons. The van der Waals surface area contributed by atoms with E-state index >= 15 is 0 Å². The molecule has 0 bridgehead atoms. The van der Waals surface area contributed by atoms with E-state index in [0.717, 1.165) is 14.6 Å². The fraction of sp³-hybridized carbons (Fsp3) is 0. The van der Waals surface area contributed by atoms with Crippen LogP contribution in [0.3, 0.4) is 0 Å². The fourth-order valence-corrected chi connectivity index (χ4v) is 3.86. The van der Waals surface area contributed by atoms with E-state index in [4.69, 9.17) is 23.2 Å². The number of para-hydroxylation sites is 1. The number of rotatable bonds is 2. The maximum Gasteiger partial charge on any atom is 0.197 e. The predicted octanol–water partition coefficient (Wildman–Crippen LogP) is 4.54. The Morgan fingerprint density at radius 3 is 2.44 bits per heavy atom. The Hall–Kier alpha value is -0.880. The van der Waals surface area contributed by atoms with Crippen LogP contribution in [0.2, 0.25) is 10.3 Å². The Bertz CT molecular complexity index is 661. The molecule has 0 aliphatic carbocycles. The van der Waals surface area contributed by atoms with Gasteiger partial charge in [0.15, 0.2) is 9.50 Å². The molecule has 90 valence electrons. The summed E-state index contributed by atoms with van der Waals surface area (Å²) in [7, 11) is 0. The van der Waals surface area contributed by atoms with Crippen LogP contribution in [0.4, 0.5) is 0 Å². The molecule has 0 saturated heterocycles. The van der Waals surface area contributed by atoms with Gasteiger partial charge in [-0.2, -0.15) is 0 Å². The first kappa shape index (κ1) is 12.2. The van der Waals surface area contributed by atoms with Crippen LogP contribution in [0, 0.1) is 0 Å². The number of hydrogen-bond donors (Lipinski definition) is 0. The van der Waals surface area contributed by atoms with Crippen molar-refractivity contribution in [2.24, 2.45) is 0 Å². The zero-order chi connectivity index (χ0) is 12.5. The molecular weight excluding hydrogens is 309 g/mol. The fourth-order valence-electron chi connectivity index (χ4n) is 1.39. The van der Waals surface area contributed by atoms with E-state index < -0.39 is 0 Å². The van der Waals surface area contributed by atoms with Crippen molar-refractivity contribution in [2.75, 3.05) is 0 Å². The molecule has 3 nitrogen and oxygen atoms in total. The maximum atomic E-state index is 5.83. The van der Waals surface area contributed by atoms with Crippen LogP contribution >= 0.6 is 46.3 Å². The number of aromatic nitrogens is 3. The smallest absolute Gasteiger partial charge is 0.197 e. The molecule has 0 aliphatic heterocycles. The summed E-state index contributed by atoms with van der Waals surface area (Å²) in [5.41, 5.74) is 0.970. The highest BCUT2D eigenvalue weighted by Gasteiger charge is 2.08. The van der Waals surface area contributed by atoms with Crippen molar-refractivity contribution in [3.63, 3.8) is 0 Å². The summed E-state index contributed by atoms with van der Waals surface area (Å²) in [6.07, 6.45) is 0. The van der Waals surface area contributed by atoms with Gasteiger partial charge in [0.05, 0.1) is 10.2 Å². The van der Waals surface area contributed by atoms with Crippen LogP contribution in [0.15, 0.2) is 39.8 Å². The zero-order valence-corrected chi connectivity index (χ0v) is 11.9. The van der Waals surface area contributed by atoms with E-state index in [1.54, 1.807) is 11.3 Å². The lowest BCUT2D eigenvalue weighted by atomic mass is 10.3. The monoisotopic (exact) mass is 313 g/mol. The molecule has 0 amide bonds. The number of hydrogen-bond acceptors (Lipinski definition) is 5. The quantitative estimate of drug-likeness (QED) is 0.514. The first-order valence-electron chi connectivity index (χ1n) is 4.94. The molecule has 7 heteroatoms. The van der Waals surface area contributed by atoms with Gasteiger partial charge >= 0.3 is 0 Å². The largest absolute Gasteiger partial charge is 0.229 e. The predicted molar refractivity (Wildman–Crippen MR) is 75.8 cm³/mol. The maximum absolute atomic E-state index is 5.83. The number of fused-ring (bicyclic) bond motifs is 1. The molecule has 0 saturated carbocycles. The topological polar surface area (TPSA) is 38.7 Å². The SMILES string of the molecule is Clc1cc(Cl)nc(Sc2nc3ccccc3s2)n1. The lowest BCUT2D eigenvalue weighted by Gasteiger charge is -1.97. The van der Waals surface area contributed by atoms with Crippen molar-refractivity contribution in [3.8, 4) is 0 Å². The van der Waals surface area contributed by atoms with Gasteiger partial charge in [0.25, 0.3) is 0 Å². The van der Waals surface area contributed by atoms with Crippen LogP contribution in [0.25, 0.3) is 10.2 Å². The summed E-state index contributed by atoms with van der Waals surface area (Å²) in [4.78, 5) is 12.7. The molecule has 1 aromatic carbocycles. The molecule has 0 N–H and O–H groups in total. The first-order chi connectivity index (χ1) is 8.70. The third-order valence-corrected chi connectivity index (χ3v) is 4.45. The van der Waals surface area contributed by atoms with E-state index in [2.05, 4.69) is 15.0 Å². The second kappa shape index (κ2) is 5.01. The van der Waals surface area contributed by atoms with Gasteiger partial charge < -0.3 is 0 Å². The van der Waals surface area contributed by atoms with Gasteiger partial charge in [0, 0.05) is 6.07 Å². The summed E-state index contributed by atoms with van der Waals surface area (Å²) in [5.74, 6) is 0. The van der Waals surface area contributed by atoms with Gasteiger partial charge in [0.2, 0.25) is 0 Å². The van der Waals surface area contributed by atoms with Crippen molar-refractivity contribution in [1.29, 1.82) is 0 Å². The van der Waals surface area contributed by atoms with Gasteiger partial charge in [-0.3, -0.25) is 0 Å². The molecule has 18 heavy (non-hydrogen) atoms. The van der Waals surface area contributed by atoms with E-state index in [1.165, 1.54) is 17.8 Å². The molecule has 0 spiro atoms. The molecule has 0 unspecified atom stereocenters. The van der Waals surface area contributed by atoms with Gasteiger partial charge in [-0.25, -0.2) is 15.0 Å². The van der Waals surface area contributed by atoms with Crippen LogP contribution in [0.1, 0.15) is 0 Å². The van der Waals surface area contributed by atoms with E-state index in [-0.39, 0.29) is 0 Å². The Balaban J connectivity index is 1.96. The van der Waals surface area contributed by atoms with Crippen molar-refractivity contribution in [3.05, 3.63) is 40.6 Å². The Morgan fingerprint density at radius 2 is 1.72 bits per heavy atom. The molecule has 0 atom stereocenters. The zero-order valence-electron chi connectivity index (χ0n) is 8.80. The minimum absolute atomic E-state index is 0.332. The highest BCUT2D eigenvalue weighted by molar-refractivity contribution is 8.01. The van der Waals surface area contributed by atoms with Crippen LogP contribution in [-0.4, -0.2) is 15.0 Å². The van der Waals surface area contributed by atoms with Gasteiger partial charge in [0.1, 0.15) is 10.3 Å². The first-order valence-corrected chi connectivity index (χ1v) is 7.33. The molecule has 2 aromatic heterocycles. The van der Waals surface area contributed by atoms with Crippen molar-refractivity contribution >= 4 is 56.5 Å². The summed E-state index contributed by atoms with van der Waals surface area (Å²) >= 11 is 14.6. The van der Waals surface area contributed by atoms with Crippen LogP contribution < -0.4 is 0 Å². The third-order valence-electron chi connectivity index (χ3n) is 2.10. The normalized spacial score (nSPS) is 11.0. The number of benzene rings is 1. The van der Waals surface area contributed by atoms with Crippen molar-refractivity contribution in [2.45, 2.75) is 9.50 Å². The lowest BCUT2D eigenvalue weighted by Crippen LogP contribution is -1.86. The molecule has 2 heterocycles. The van der Waals surface area contributed by atoms with Crippen LogP contribution in [-0.2, 0) is 0 Å². The number of nitrogens with zero attached hydrogens (tertiary/aromatic N) is 3. The molecular formula is C11H5Cl2N3S2. The Labute approximate surface area is 121 Å². The Kier molecular flexibility index (Phi) is 3.39. The number of thiazole rings is 1. The van der Waals surface area contributed by atoms with E-state index in [0.29, 0.717) is 15.5 Å². The minimum Gasteiger partial charge on any atom is -0.229 e. The standard InChI is InChI=1S/C11H5Cl2N3S2/c12-8-5-9(13)16-10(15-8)18-11-14-6-3-1-2-4-7(6)17-11/h1-5H. The second-order valence-corrected chi connectivity index (χ2v) is 6.37. The van der Waals surface area contributed by atoms with Gasteiger partial charge in [-0.15, -0.1) is 11.3 Å².